The second kappa shape index (κ2) is 20.1. The lowest BCUT2D eigenvalue weighted by molar-refractivity contribution is -0.199. The molecule has 0 aromatic heterocycles. The fourth-order valence-corrected chi connectivity index (χ4v) is 8.70. The van der Waals surface area contributed by atoms with Crippen LogP contribution in [0, 0.1) is 5.82 Å². The van der Waals surface area contributed by atoms with E-state index >= 15 is 4.39 Å². The van der Waals surface area contributed by atoms with Crippen molar-refractivity contribution in [3.05, 3.63) is 209 Å². The van der Waals surface area contributed by atoms with Gasteiger partial charge in [0, 0.05) is 6.42 Å². The van der Waals surface area contributed by atoms with Crippen LogP contribution in [-0.4, -0.2) is 41.9 Å². The van der Waals surface area contributed by atoms with Crippen LogP contribution in [0.15, 0.2) is 164 Å². The monoisotopic (exact) mass is 784 g/mol. The number of aliphatic hydroxyl groups is 1. The molecule has 57 heavy (non-hydrogen) atoms. The van der Waals surface area contributed by atoms with Crippen molar-refractivity contribution in [1.29, 1.82) is 0 Å². The minimum absolute atomic E-state index is 0.209. The standard InChI is InChI=1S/C49H49FO6S/c1-2-53-43-26-23-36(24-27-43)29-41-30-42(25-28-44(41)50)49(51)48(56-34-40-21-13-6-14-22-40)47(55-33-39-19-11-5-12-20-39)46(54-32-38-17-9-4-10-18-38)45(57-49)35-52-31-37-15-7-3-8-16-37/h3-28,30,45-48,51H,2,29,31-35H2,1H3/t45-,46-,47+,48-,49?/m1/s1. The lowest BCUT2D eigenvalue weighted by atomic mass is 9.91. The van der Waals surface area contributed by atoms with Crippen molar-refractivity contribution in [2.24, 2.45) is 0 Å². The maximum Gasteiger partial charge on any atom is 0.165 e. The quantitative estimate of drug-likeness (QED) is 0.0931. The van der Waals surface area contributed by atoms with E-state index in [0.717, 1.165) is 33.6 Å². The van der Waals surface area contributed by atoms with E-state index in [0.29, 0.717) is 37.4 Å². The van der Waals surface area contributed by atoms with Crippen molar-refractivity contribution in [1.82, 2.24) is 0 Å². The summed E-state index contributed by atoms with van der Waals surface area (Å²) in [6.45, 7) is 3.92. The Labute approximate surface area is 339 Å². The molecule has 6 aromatic carbocycles. The van der Waals surface area contributed by atoms with E-state index in [1.807, 2.05) is 153 Å². The molecular formula is C49H49FO6S. The summed E-state index contributed by atoms with van der Waals surface area (Å²) in [5, 5.41) is 12.9. The smallest absolute Gasteiger partial charge is 0.165 e. The topological polar surface area (TPSA) is 66.4 Å². The van der Waals surface area contributed by atoms with E-state index in [4.69, 9.17) is 23.7 Å². The molecule has 6 aromatic rings. The molecule has 0 amide bonds. The van der Waals surface area contributed by atoms with Crippen LogP contribution in [-0.2, 0) is 56.7 Å². The number of ether oxygens (including phenoxy) is 5. The molecular weight excluding hydrogens is 736 g/mol. The summed E-state index contributed by atoms with van der Waals surface area (Å²) < 4.78 is 48.4. The lowest BCUT2D eigenvalue weighted by Crippen LogP contribution is -2.61. The highest BCUT2D eigenvalue weighted by molar-refractivity contribution is 8.00. The summed E-state index contributed by atoms with van der Waals surface area (Å²) >= 11 is 1.32. The zero-order valence-electron chi connectivity index (χ0n) is 32.1. The van der Waals surface area contributed by atoms with Gasteiger partial charge in [-0.15, -0.1) is 11.8 Å². The second-order valence-corrected chi connectivity index (χ2v) is 15.6. The largest absolute Gasteiger partial charge is 0.494 e. The number of rotatable bonds is 18. The number of halogens is 1. The van der Waals surface area contributed by atoms with Gasteiger partial charge >= 0.3 is 0 Å². The molecule has 1 unspecified atom stereocenters. The van der Waals surface area contributed by atoms with Gasteiger partial charge in [-0.2, -0.15) is 0 Å². The van der Waals surface area contributed by atoms with Gasteiger partial charge in [0.25, 0.3) is 0 Å². The molecule has 1 fully saturated rings. The predicted octanol–water partition coefficient (Wildman–Crippen LogP) is 10.0. The SMILES string of the molecule is CCOc1ccc(Cc2cc(C3(O)S[C@H](COCc4ccccc4)[C@@H](OCc4ccccc4)[C@H](OCc4ccccc4)[C@H]3OCc3ccccc3)ccc2F)cc1. The zero-order valence-corrected chi connectivity index (χ0v) is 32.9. The summed E-state index contributed by atoms with van der Waals surface area (Å²) in [7, 11) is 0. The molecule has 7 rings (SSSR count). The summed E-state index contributed by atoms with van der Waals surface area (Å²) in [4.78, 5) is -1.70. The van der Waals surface area contributed by atoms with E-state index in [1.54, 1.807) is 12.1 Å². The van der Waals surface area contributed by atoms with Gasteiger partial charge in [0.05, 0.1) is 44.9 Å². The highest BCUT2D eigenvalue weighted by atomic mass is 32.2. The summed E-state index contributed by atoms with van der Waals surface area (Å²) in [6, 6.07) is 52.3. The number of benzene rings is 6. The molecule has 294 valence electrons. The first-order valence-corrected chi connectivity index (χ1v) is 20.4. The van der Waals surface area contributed by atoms with Crippen LogP contribution in [0.5, 0.6) is 5.75 Å². The van der Waals surface area contributed by atoms with Crippen molar-refractivity contribution in [3.63, 3.8) is 0 Å². The maximum atomic E-state index is 15.7. The van der Waals surface area contributed by atoms with Gasteiger partial charge in [0.15, 0.2) is 4.93 Å². The molecule has 0 bridgehead atoms. The van der Waals surface area contributed by atoms with Gasteiger partial charge in [0.2, 0.25) is 0 Å². The first-order chi connectivity index (χ1) is 28.0. The fraction of sp³-hybridized carbons (Fsp3) is 0.265. The summed E-state index contributed by atoms with van der Waals surface area (Å²) in [5.41, 5.74) is 5.84. The van der Waals surface area contributed by atoms with Crippen molar-refractivity contribution >= 4 is 11.8 Å². The normalized spacial score (nSPS) is 20.6. The Morgan fingerprint density at radius 2 is 1.09 bits per heavy atom. The molecule has 5 atom stereocenters. The molecule has 1 N–H and O–H groups in total. The average Bonchev–Trinajstić information content (AvgIpc) is 3.25. The Bertz CT molecular complexity index is 2090. The summed E-state index contributed by atoms with van der Waals surface area (Å²) in [6.07, 6.45) is -1.96. The Balaban J connectivity index is 1.28. The van der Waals surface area contributed by atoms with Crippen molar-refractivity contribution in [2.45, 2.75) is 68.3 Å². The lowest BCUT2D eigenvalue weighted by Gasteiger charge is -2.50. The molecule has 0 radical (unpaired) electrons. The minimum Gasteiger partial charge on any atom is -0.494 e. The predicted molar refractivity (Wildman–Crippen MR) is 223 cm³/mol. The van der Waals surface area contributed by atoms with Crippen LogP contribution in [0.1, 0.15) is 45.9 Å². The van der Waals surface area contributed by atoms with Crippen LogP contribution in [0.4, 0.5) is 4.39 Å². The van der Waals surface area contributed by atoms with E-state index in [-0.39, 0.29) is 25.6 Å². The van der Waals surface area contributed by atoms with Crippen LogP contribution >= 0.6 is 11.8 Å². The number of hydrogen-bond acceptors (Lipinski definition) is 7. The third-order valence-electron chi connectivity index (χ3n) is 10.0. The van der Waals surface area contributed by atoms with Crippen molar-refractivity contribution in [3.8, 4) is 5.75 Å². The Kier molecular flexibility index (Phi) is 14.2. The molecule has 8 heteroatoms. The zero-order chi connectivity index (χ0) is 39.3. The van der Waals surface area contributed by atoms with Gasteiger partial charge in [-0.3, -0.25) is 0 Å². The van der Waals surface area contributed by atoms with E-state index < -0.39 is 28.5 Å². The molecule has 0 saturated carbocycles. The molecule has 0 spiro atoms. The molecule has 1 saturated heterocycles. The first kappa shape index (κ1) is 40.4. The third kappa shape index (κ3) is 10.8. The van der Waals surface area contributed by atoms with Gasteiger partial charge in [-0.25, -0.2) is 4.39 Å². The van der Waals surface area contributed by atoms with E-state index in [9.17, 15) is 5.11 Å². The summed E-state index contributed by atoms with van der Waals surface area (Å²) in [5.74, 6) is 0.399. The van der Waals surface area contributed by atoms with Crippen LogP contribution < -0.4 is 4.74 Å². The maximum absolute atomic E-state index is 15.7. The Morgan fingerprint density at radius 3 is 1.63 bits per heavy atom. The van der Waals surface area contributed by atoms with Crippen LogP contribution in [0.25, 0.3) is 0 Å². The highest BCUT2D eigenvalue weighted by Gasteiger charge is 2.56. The minimum atomic E-state index is -1.70. The van der Waals surface area contributed by atoms with Crippen LogP contribution in [0.3, 0.4) is 0 Å². The average molecular weight is 785 g/mol. The van der Waals surface area contributed by atoms with Gasteiger partial charge < -0.3 is 28.8 Å². The Morgan fingerprint density at radius 1 is 0.579 bits per heavy atom. The van der Waals surface area contributed by atoms with E-state index in [1.165, 1.54) is 17.8 Å². The van der Waals surface area contributed by atoms with Gasteiger partial charge in [0.1, 0.15) is 29.9 Å². The molecule has 1 heterocycles. The number of hydrogen-bond donors (Lipinski definition) is 1. The third-order valence-corrected chi connectivity index (χ3v) is 11.6. The fourth-order valence-electron chi connectivity index (χ4n) is 7.11. The van der Waals surface area contributed by atoms with Crippen molar-refractivity contribution in [2.75, 3.05) is 13.2 Å². The Hall–Kier alpha value is -4.80. The molecule has 1 aliphatic rings. The van der Waals surface area contributed by atoms with Gasteiger partial charge in [-0.05, 0) is 70.1 Å². The molecule has 6 nitrogen and oxygen atoms in total. The molecule has 0 aliphatic carbocycles. The first-order valence-electron chi connectivity index (χ1n) is 19.5. The highest BCUT2D eigenvalue weighted by Crippen LogP contribution is 2.51. The molecule has 1 aliphatic heterocycles. The van der Waals surface area contributed by atoms with E-state index in [2.05, 4.69) is 0 Å². The second-order valence-electron chi connectivity index (χ2n) is 14.2. The number of thioether (sulfide) groups is 1. The van der Waals surface area contributed by atoms with Gasteiger partial charge in [-0.1, -0.05) is 140 Å². The van der Waals surface area contributed by atoms with Crippen molar-refractivity contribution < 1.29 is 33.2 Å². The van der Waals surface area contributed by atoms with Crippen LogP contribution in [0.2, 0.25) is 0 Å².